The van der Waals surface area contributed by atoms with E-state index in [-0.39, 0.29) is 11.3 Å². The minimum atomic E-state index is -0.549. The van der Waals surface area contributed by atoms with Gasteiger partial charge in [0.2, 0.25) is 0 Å². The molecule has 1 aromatic rings. The zero-order chi connectivity index (χ0) is 10.6. The Bertz CT molecular complexity index is 336. The quantitative estimate of drug-likeness (QED) is 0.787. The Morgan fingerprint density at radius 3 is 2.93 bits per heavy atom. The number of carbonyl (C=O) groups is 1. The normalized spacial score (nSPS) is 9.86. The fourth-order valence-corrected chi connectivity index (χ4v) is 1.12. The Kier molecular flexibility index (Phi) is 3.77. The Balaban J connectivity index is 2.83. The van der Waals surface area contributed by atoms with Crippen molar-refractivity contribution in [3.8, 4) is 5.75 Å². The minimum absolute atomic E-state index is 0.103. The zero-order valence-corrected chi connectivity index (χ0v) is 8.54. The average Bonchev–Trinajstić information content (AvgIpc) is 2.18. The molecule has 0 amide bonds. The molecule has 0 unspecified atom stereocenters. The van der Waals surface area contributed by atoms with Gasteiger partial charge in [-0.1, -0.05) is 18.5 Å². The number of carbonyl (C=O) groups excluding carboxylic acids is 1. The molecule has 0 bridgehead atoms. The molecule has 0 radical (unpaired) electrons. The van der Waals surface area contributed by atoms with Gasteiger partial charge in [-0.25, -0.2) is 4.79 Å². The van der Waals surface area contributed by atoms with Crippen molar-refractivity contribution in [3.05, 3.63) is 28.8 Å². The summed E-state index contributed by atoms with van der Waals surface area (Å²) in [5.41, 5.74) is 0.103. The van der Waals surface area contributed by atoms with Gasteiger partial charge < -0.3 is 9.84 Å². The lowest BCUT2D eigenvalue weighted by molar-refractivity contribution is 0.0502. The van der Waals surface area contributed by atoms with Gasteiger partial charge in [0.05, 0.1) is 6.61 Å². The number of ether oxygens (including phenoxy) is 1. The number of hydrogen-bond acceptors (Lipinski definition) is 3. The van der Waals surface area contributed by atoms with E-state index in [1.807, 2.05) is 6.92 Å². The van der Waals surface area contributed by atoms with Gasteiger partial charge in [-0.05, 0) is 24.6 Å². The third-order valence-corrected chi connectivity index (χ3v) is 1.85. The molecule has 0 aliphatic heterocycles. The van der Waals surface area contributed by atoms with E-state index in [0.717, 1.165) is 6.42 Å². The maximum atomic E-state index is 11.3. The van der Waals surface area contributed by atoms with Gasteiger partial charge in [-0.2, -0.15) is 0 Å². The van der Waals surface area contributed by atoms with Gasteiger partial charge in [0, 0.05) is 5.02 Å². The Morgan fingerprint density at radius 1 is 1.57 bits per heavy atom. The molecule has 1 rings (SSSR count). The van der Waals surface area contributed by atoms with E-state index in [2.05, 4.69) is 0 Å². The molecule has 0 spiro atoms. The Labute approximate surface area is 87.3 Å². The van der Waals surface area contributed by atoms with Gasteiger partial charge in [0.1, 0.15) is 11.3 Å². The molecular weight excluding hydrogens is 204 g/mol. The molecule has 3 nitrogen and oxygen atoms in total. The number of rotatable bonds is 3. The third kappa shape index (κ3) is 2.64. The molecule has 76 valence electrons. The van der Waals surface area contributed by atoms with Crippen LogP contribution in [-0.4, -0.2) is 17.7 Å². The predicted octanol–water partition coefficient (Wildman–Crippen LogP) is 2.61. The summed E-state index contributed by atoms with van der Waals surface area (Å²) in [7, 11) is 0. The number of hydrogen-bond donors (Lipinski definition) is 1. The molecule has 0 saturated carbocycles. The summed E-state index contributed by atoms with van der Waals surface area (Å²) in [5, 5.41) is 9.74. The second kappa shape index (κ2) is 4.86. The van der Waals surface area contributed by atoms with E-state index in [1.165, 1.54) is 18.2 Å². The van der Waals surface area contributed by atoms with Crippen LogP contribution in [0.3, 0.4) is 0 Å². The average molecular weight is 215 g/mol. The van der Waals surface area contributed by atoms with E-state index in [0.29, 0.717) is 11.6 Å². The van der Waals surface area contributed by atoms with Gasteiger partial charge in [0.25, 0.3) is 0 Å². The first-order chi connectivity index (χ1) is 6.65. The largest absolute Gasteiger partial charge is 0.507 e. The smallest absolute Gasteiger partial charge is 0.341 e. The summed E-state index contributed by atoms with van der Waals surface area (Å²) in [6, 6.07) is 4.26. The number of phenols is 1. The van der Waals surface area contributed by atoms with Crippen LogP contribution in [0.4, 0.5) is 0 Å². The summed E-state index contributed by atoms with van der Waals surface area (Å²) in [6.07, 6.45) is 0.743. The van der Waals surface area contributed by atoms with E-state index < -0.39 is 5.97 Å². The number of esters is 1. The molecule has 14 heavy (non-hydrogen) atoms. The fraction of sp³-hybridized carbons (Fsp3) is 0.300. The monoisotopic (exact) mass is 214 g/mol. The Hall–Kier alpha value is -1.22. The lowest BCUT2D eigenvalue weighted by atomic mass is 10.2. The summed E-state index contributed by atoms with van der Waals surface area (Å²) in [5.74, 6) is -0.664. The topological polar surface area (TPSA) is 46.5 Å². The van der Waals surface area contributed by atoms with Crippen LogP contribution in [0.1, 0.15) is 23.7 Å². The van der Waals surface area contributed by atoms with Crippen molar-refractivity contribution >= 4 is 17.6 Å². The van der Waals surface area contributed by atoms with Crippen LogP contribution in [0.2, 0.25) is 5.02 Å². The van der Waals surface area contributed by atoms with Crippen molar-refractivity contribution in [2.75, 3.05) is 6.61 Å². The van der Waals surface area contributed by atoms with Crippen LogP contribution in [0.25, 0.3) is 0 Å². The maximum absolute atomic E-state index is 11.3. The lowest BCUT2D eigenvalue weighted by Gasteiger charge is -2.04. The molecular formula is C10H11ClO3. The molecule has 0 fully saturated rings. The van der Waals surface area contributed by atoms with Crippen molar-refractivity contribution in [1.82, 2.24) is 0 Å². The Morgan fingerprint density at radius 2 is 2.29 bits per heavy atom. The van der Waals surface area contributed by atoms with Crippen LogP contribution in [0.15, 0.2) is 18.2 Å². The second-order valence-corrected chi connectivity index (χ2v) is 3.23. The molecule has 4 heteroatoms. The number of benzene rings is 1. The third-order valence-electron chi connectivity index (χ3n) is 1.62. The van der Waals surface area contributed by atoms with Crippen molar-refractivity contribution in [3.63, 3.8) is 0 Å². The van der Waals surface area contributed by atoms with Crippen LogP contribution in [-0.2, 0) is 4.74 Å². The summed E-state index contributed by atoms with van der Waals surface area (Å²) in [4.78, 5) is 11.3. The first-order valence-electron chi connectivity index (χ1n) is 4.30. The minimum Gasteiger partial charge on any atom is -0.507 e. The van der Waals surface area contributed by atoms with Crippen molar-refractivity contribution in [1.29, 1.82) is 0 Å². The highest BCUT2D eigenvalue weighted by atomic mass is 35.5. The van der Waals surface area contributed by atoms with E-state index >= 15 is 0 Å². The molecule has 0 aliphatic carbocycles. The molecule has 1 N–H and O–H groups in total. The standard InChI is InChI=1S/C10H11ClO3/c1-2-5-14-10(13)8-6-7(11)3-4-9(8)12/h3-4,6,12H,2,5H2,1H3. The molecule has 0 saturated heterocycles. The first-order valence-corrected chi connectivity index (χ1v) is 4.68. The van der Waals surface area contributed by atoms with Crippen molar-refractivity contribution in [2.45, 2.75) is 13.3 Å². The van der Waals surface area contributed by atoms with Crippen LogP contribution in [0.5, 0.6) is 5.75 Å². The highest BCUT2D eigenvalue weighted by Crippen LogP contribution is 2.22. The van der Waals surface area contributed by atoms with Crippen molar-refractivity contribution in [2.24, 2.45) is 0 Å². The van der Waals surface area contributed by atoms with Gasteiger partial charge in [-0.15, -0.1) is 0 Å². The highest BCUT2D eigenvalue weighted by molar-refractivity contribution is 6.31. The fourth-order valence-electron chi connectivity index (χ4n) is 0.944. The molecule has 0 aliphatic rings. The van der Waals surface area contributed by atoms with Gasteiger partial charge >= 0.3 is 5.97 Å². The maximum Gasteiger partial charge on any atom is 0.341 e. The van der Waals surface area contributed by atoms with E-state index in [9.17, 15) is 9.90 Å². The molecule has 1 aromatic carbocycles. The lowest BCUT2D eigenvalue weighted by Crippen LogP contribution is -2.05. The van der Waals surface area contributed by atoms with Gasteiger partial charge in [-0.3, -0.25) is 0 Å². The summed E-state index contributed by atoms with van der Waals surface area (Å²) < 4.78 is 4.86. The first kappa shape index (κ1) is 10.9. The van der Waals surface area contributed by atoms with Crippen molar-refractivity contribution < 1.29 is 14.6 Å². The molecule has 0 heterocycles. The molecule has 0 aromatic heterocycles. The number of halogens is 1. The van der Waals surface area contributed by atoms with Crippen LogP contribution in [0, 0.1) is 0 Å². The SMILES string of the molecule is CCCOC(=O)c1cc(Cl)ccc1O. The number of aromatic hydroxyl groups is 1. The highest BCUT2D eigenvalue weighted by Gasteiger charge is 2.12. The predicted molar refractivity (Wildman–Crippen MR) is 53.7 cm³/mol. The van der Waals surface area contributed by atoms with E-state index in [4.69, 9.17) is 16.3 Å². The van der Waals surface area contributed by atoms with Crippen LogP contribution >= 0.6 is 11.6 Å². The van der Waals surface area contributed by atoms with E-state index in [1.54, 1.807) is 0 Å². The molecule has 0 atom stereocenters. The number of phenolic OH excluding ortho intramolecular Hbond substituents is 1. The van der Waals surface area contributed by atoms with Crippen LogP contribution < -0.4 is 0 Å². The summed E-state index contributed by atoms with van der Waals surface area (Å²) in [6.45, 7) is 2.23. The van der Waals surface area contributed by atoms with Gasteiger partial charge in [0.15, 0.2) is 0 Å². The zero-order valence-electron chi connectivity index (χ0n) is 7.79. The second-order valence-electron chi connectivity index (χ2n) is 2.80. The summed E-state index contributed by atoms with van der Waals surface area (Å²) >= 11 is 5.68.